The lowest BCUT2D eigenvalue weighted by molar-refractivity contribution is 0.794. The predicted molar refractivity (Wildman–Crippen MR) is 415 cm³/mol. The number of hydrogen-bond acceptors (Lipinski definition) is 2. The average Bonchev–Trinajstić information content (AvgIpc) is 1.52. The van der Waals surface area contributed by atoms with Crippen molar-refractivity contribution in [1.29, 1.82) is 0 Å². The van der Waals surface area contributed by atoms with Gasteiger partial charge in [-0.15, -0.1) is 0 Å². The van der Waals surface area contributed by atoms with Crippen molar-refractivity contribution in [3.63, 3.8) is 0 Å². The molecule has 2 aliphatic rings. The van der Waals surface area contributed by atoms with E-state index in [-0.39, 0.29) is 5.41 Å². The van der Waals surface area contributed by atoms with Crippen molar-refractivity contribution in [2.75, 3.05) is 0 Å². The molecule has 0 saturated carbocycles. The number of aryl methyl sites for hydroxylation is 14. The summed E-state index contributed by atoms with van der Waals surface area (Å²) in [5.41, 5.74) is 31.4. The van der Waals surface area contributed by atoms with Crippen molar-refractivity contribution in [1.82, 2.24) is 9.97 Å². The van der Waals surface area contributed by atoms with Crippen LogP contribution in [0.4, 0.5) is 0 Å². The van der Waals surface area contributed by atoms with Crippen molar-refractivity contribution in [2.24, 2.45) is 0 Å². The van der Waals surface area contributed by atoms with Crippen LogP contribution in [-0.4, -0.2) is 9.97 Å². The molecular weight excluding hydrogens is 1150 g/mol. The van der Waals surface area contributed by atoms with Gasteiger partial charge in [-0.3, -0.25) is 9.97 Å². The van der Waals surface area contributed by atoms with E-state index in [4.69, 9.17) is 0 Å². The maximum atomic E-state index is 4.17. The van der Waals surface area contributed by atoms with Gasteiger partial charge in [-0.1, -0.05) is 328 Å². The van der Waals surface area contributed by atoms with E-state index in [0.717, 1.165) is 17.1 Å². The minimum absolute atomic E-state index is 0.180. The lowest BCUT2D eigenvalue weighted by Crippen LogP contribution is -2.25. The van der Waals surface area contributed by atoms with Gasteiger partial charge in [0.25, 0.3) is 0 Å². The number of nitrogens with zero attached hydrogens (tertiary/aromatic N) is 2. The molecule has 2 aromatic heterocycles. The summed E-state index contributed by atoms with van der Waals surface area (Å²) >= 11 is 0. The monoisotopic (exact) mass is 1250 g/mol. The third-order valence-corrected chi connectivity index (χ3v) is 16.6. The Morgan fingerprint density at radius 3 is 0.789 bits per heavy atom. The summed E-state index contributed by atoms with van der Waals surface area (Å²) in [5.74, 6) is 0. The lowest BCUT2D eigenvalue weighted by Gasteiger charge is -2.30. The smallest absolute Gasteiger partial charge is 0.0725 e. The second kappa shape index (κ2) is 37.6. The molecule has 2 heterocycles. The minimum Gasteiger partial charge on any atom is -0.261 e. The topological polar surface area (TPSA) is 25.8 Å². The van der Waals surface area contributed by atoms with Crippen LogP contribution in [0.5, 0.6) is 0 Å². The van der Waals surface area contributed by atoms with Crippen molar-refractivity contribution in [2.45, 2.75) is 130 Å². The maximum Gasteiger partial charge on any atom is 0.0725 e. The van der Waals surface area contributed by atoms with Gasteiger partial charge in [0, 0.05) is 23.3 Å². The Balaban J connectivity index is 0.000000179. The number of pyridine rings is 2. The largest absolute Gasteiger partial charge is 0.261 e. The molecule has 0 bridgehead atoms. The molecule has 0 fully saturated rings. The predicted octanol–water partition coefficient (Wildman–Crippen LogP) is 25.8. The number of benzene rings is 11. The maximum absolute atomic E-state index is 4.17. The standard InChI is InChI=1S/C25H16.C14H14.C12H12.3C8H10.2C7H9N.2C2H6/c1-5-13-21-17(9-1)18-10-2-6-14-22(18)25(21)23-15-7-3-11-19(23)20-12-4-8-16-24(20)25;1-11-3-7-13(8-4-11)14-9-5-12(2)6-10-14;1-9-7-8-10(2)12-6-4-3-5-11(9)12;1-7-3-5-8(2)6-4-7;1-7-4-3-5-8(2)6-7;1-7-5-3-4-6-8(7)2;1-6-3-4-7(2)8-5-6;1-6-4-3-5-7(2)8-6;2*1-2/h1-16H;3-10H,1-2H3;3-8H,1-2H3;3*3-6H,1-2H3;2*3-5H,1-2H3;2*1-2H3. The highest BCUT2D eigenvalue weighted by Crippen LogP contribution is 2.62. The fourth-order valence-corrected chi connectivity index (χ4v) is 11.5. The van der Waals surface area contributed by atoms with E-state index in [1.807, 2.05) is 85.9 Å². The van der Waals surface area contributed by atoms with Crippen LogP contribution in [-0.2, 0) is 5.41 Å². The number of hydrogen-bond donors (Lipinski definition) is 0. The second-order valence-corrected chi connectivity index (χ2v) is 24.2. The van der Waals surface area contributed by atoms with Gasteiger partial charge < -0.3 is 0 Å². The van der Waals surface area contributed by atoms with E-state index in [9.17, 15) is 0 Å². The molecule has 1 spiro atoms. The first-order chi connectivity index (χ1) is 45.9. The highest BCUT2D eigenvalue weighted by Gasteiger charge is 2.51. The first kappa shape index (κ1) is 74.0. The van der Waals surface area contributed by atoms with Gasteiger partial charge in [0.2, 0.25) is 0 Å². The summed E-state index contributed by atoms with van der Waals surface area (Å²) < 4.78 is 0. The van der Waals surface area contributed by atoms with Gasteiger partial charge in [-0.2, -0.15) is 0 Å². The van der Waals surface area contributed by atoms with Crippen LogP contribution in [0.1, 0.15) is 128 Å². The van der Waals surface area contributed by atoms with E-state index in [2.05, 4.69) is 340 Å². The quantitative estimate of drug-likeness (QED) is 0.164. The number of rotatable bonds is 1. The van der Waals surface area contributed by atoms with Crippen molar-refractivity contribution < 1.29 is 0 Å². The van der Waals surface area contributed by atoms with Crippen LogP contribution in [0, 0.1) is 96.9 Å². The molecule has 0 unspecified atom stereocenters. The zero-order chi connectivity index (χ0) is 68.9. The van der Waals surface area contributed by atoms with Gasteiger partial charge in [-0.25, -0.2) is 0 Å². The molecule has 2 heteroatoms. The Hall–Kier alpha value is -10.0. The van der Waals surface area contributed by atoms with Gasteiger partial charge in [0.15, 0.2) is 0 Å². The molecule has 11 aromatic carbocycles. The molecule has 484 valence electrons. The zero-order valence-corrected chi connectivity index (χ0v) is 60.1. The summed E-state index contributed by atoms with van der Waals surface area (Å²) in [6.45, 7) is 37.2. The Morgan fingerprint density at radius 2 is 0.516 bits per heavy atom. The third kappa shape index (κ3) is 20.7. The van der Waals surface area contributed by atoms with Gasteiger partial charge in [-0.05, 0) is 209 Å². The van der Waals surface area contributed by atoms with Crippen molar-refractivity contribution >= 4 is 10.8 Å². The molecule has 95 heavy (non-hydrogen) atoms. The van der Waals surface area contributed by atoms with Crippen LogP contribution in [0.3, 0.4) is 0 Å². The van der Waals surface area contributed by atoms with Gasteiger partial charge in [0.1, 0.15) is 0 Å². The molecule has 0 amide bonds. The Labute approximate surface area is 572 Å². The molecule has 0 saturated heterocycles. The number of aromatic nitrogens is 2. The highest BCUT2D eigenvalue weighted by molar-refractivity contribution is 5.95. The van der Waals surface area contributed by atoms with Crippen LogP contribution >= 0.6 is 0 Å². The fraction of sp³-hybridized carbons (Fsp3) is 0.204. The van der Waals surface area contributed by atoms with Crippen LogP contribution < -0.4 is 0 Å². The molecule has 2 aliphatic carbocycles. The van der Waals surface area contributed by atoms with Gasteiger partial charge in [0.05, 0.1) is 5.41 Å². The molecule has 13 aromatic rings. The van der Waals surface area contributed by atoms with E-state index in [1.54, 1.807) is 0 Å². The summed E-state index contributed by atoms with van der Waals surface area (Å²) in [5, 5.41) is 2.75. The molecule has 0 radical (unpaired) electrons. The van der Waals surface area contributed by atoms with Crippen LogP contribution in [0.2, 0.25) is 0 Å². The summed E-state index contributed by atoms with van der Waals surface area (Å²) in [7, 11) is 0. The lowest BCUT2D eigenvalue weighted by atomic mass is 9.70. The zero-order valence-electron chi connectivity index (χ0n) is 60.1. The Kier molecular flexibility index (Phi) is 29.3. The third-order valence-electron chi connectivity index (χ3n) is 16.6. The molecule has 2 nitrogen and oxygen atoms in total. The molecule has 0 atom stereocenters. The van der Waals surface area contributed by atoms with E-state index >= 15 is 0 Å². The van der Waals surface area contributed by atoms with E-state index in [1.165, 1.54) is 128 Å². The van der Waals surface area contributed by atoms with Crippen molar-refractivity contribution in [3.05, 3.63) is 392 Å². The Bertz CT molecular complexity index is 3960. The average molecular weight is 1250 g/mol. The number of fused-ring (bicyclic) bond motifs is 11. The van der Waals surface area contributed by atoms with E-state index < -0.39 is 0 Å². The van der Waals surface area contributed by atoms with Crippen molar-refractivity contribution in [3.8, 4) is 33.4 Å². The van der Waals surface area contributed by atoms with Crippen LogP contribution in [0.25, 0.3) is 44.2 Å². The normalized spacial score (nSPS) is 10.7. The summed E-state index contributed by atoms with van der Waals surface area (Å²) in [6.07, 6.45) is 1.87. The first-order valence-electron chi connectivity index (χ1n) is 33.8. The van der Waals surface area contributed by atoms with E-state index in [0.29, 0.717) is 0 Å². The SMILES string of the molecule is CC.CC.Cc1ccc(-c2ccc(C)cc2)cc1.Cc1ccc(C)c2ccccc12.Cc1ccc(C)cc1.Cc1ccc(C)nc1.Cc1cccc(C)c1.Cc1cccc(C)n1.Cc1ccccc1C.c1ccc2c(c1)-c1ccccc1C21c2ccccc2-c2ccccc21. The van der Waals surface area contributed by atoms with Crippen LogP contribution in [0.15, 0.2) is 291 Å². The summed E-state index contributed by atoms with van der Waals surface area (Å²) in [6, 6.07) is 101. The van der Waals surface area contributed by atoms with Gasteiger partial charge >= 0.3 is 0 Å². The second-order valence-electron chi connectivity index (χ2n) is 24.2. The summed E-state index contributed by atoms with van der Waals surface area (Å²) in [4.78, 5) is 8.25. The molecule has 0 N–H and O–H groups in total. The minimum atomic E-state index is -0.180. The highest BCUT2D eigenvalue weighted by atomic mass is 14.7. The Morgan fingerprint density at radius 1 is 0.221 bits per heavy atom. The molecular formula is C93H102N2. The molecule has 15 rings (SSSR count). The fourth-order valence-electron chi connectivity index (χ4n) is 11.5. The molecule has 0 aliphatic heterocycles. The first-order valence-corrected chi connectivity index (χ1v) is 33.8.